The molecule has 12 heavy (non-hydrogen) atoms. The maximum absolute atomic E-state index is 10.0. The van der Waals surface area contributed by atoms with Gasteiger partial charge in [0, 0.05) is 18.8 Å². The molecule has 0 saturated carbocycles. The summed E-state index contributed by atoms with van der Waals surface area (Å²) in [5.41, 5.74) is 0. The second-order valence-corrected chi connectivity index (χ2v) is 2.26. The Morgan fingerprint density at radius 1 is 1.33 bits per heavy atom. The summed E-state index contributed by atoms with van der Waals surface area (Å²) in [6, 6.07) is 0. The van der Waals surface area contributed by atoms with Crippen LogP contribution in [0.15, 0.2) is 12.2 Å². The van der Waals surface area contributed by atoms with Crippen LogP contribution < -0.4 is 5.32 Å². The van der Waals surface area contributed by atoms with Crippen molar-refractivity contribution < 1.29 is 14.7 Å². The van der Waals surface area contributed by atoms with Crippen molar-refractivity contribution in [2.24, 2.45) is 0 Å². The first-order valence-electron chi connectivity index (χ1n) is 3.84. The number of imide groups is 1. The molecule has 2 amide bonds. The third-order valence-corrected chi connectivity index (χ3v) is 1.14. The molecular weight excluding hydrogens is 158 g/mol. The lowest BCUT2D eigenvalue weighted by molar-refractivity contribution is -0.123. The molecule has 68 valence electrons. The number of aliphatic hydroxyl groups is 1. The molecule has 1 aliphatic rings. The molecule has 0 bridgehead atoms. The van der Waals surface area contributed by atoms with Gasteiger partial charge in [0.25, 0.3) is 11.8 Å². The highest BCUT2D eigenvalue weighted by atomic mass is 16.2. The summed E-state index contributed by atoms with van der Waals surface area (Å²) < 4.78 is 0. The van der Waals surface area contributed by atoms with Crippen molar-refractivity contribution in [1.82, 2.24) is 5.32 Å². The molecule has 1 rings (SSSR count). The number of unbranched alkanes of at least 4 members (excludes halogenated alkanes) is 1. The van der Waals surface area contributed by atoms with Crippen molar-refractivity contribution in [3.05, 3.63) is 12.2 Å². The fourth-order valence-electron chi connectivity index (χ4n) is 0.514. The minimum Gasteiger partial charge on any atom is -0.396 e. The molecule has 0 fully saturated rings. The van der Waals surface area contributed by atoms with Gasteiger partial charge in [-0.15, -0.1) is 0 Å². The molecule has 0 aromatic heterocycles. The third kappa shape index (κ3) is 5.61. The monoisotopic (exact) mass is 171 g/mol. The molecule has 0 radical (unpaired) electrons. The van der Waals surface area contributed by atoms with Gasteiger partial charge in [-0.05, 0) is 6.42 Å². The van der Waals surface area contributed by atoms with Crippen molar-refractivity contribution in [3.63, 3.8) is 0 Å². The molecule has 2 N–H and O–H groups in total. The van der Waals surface area contributed by atoms with Crippen LogP contribution in [0.25, 0.3) is 0 Å². The largest absolute Gasteiger partial charge is 0.396 e. The van der Waals surface area contributed by atoms with Gasteiger partial charge in [0.05, 0.1) is 0 Å². The van der Waals surface area contributed by atoms with Crippen LogP contribution in [-0.4, -0.2) is 23.5 Å². The summed E-state index contributed by atoms with van der Waals surface area (Å²) in [5, 5.41) is 10.1. The Bertz CT molecular complexity index is 169. The molecule has 0 saturated heterocycles. The second-order valence-electron chi connectivity index (χ2n) is 2.26. The molecule has 0 atom stereocenters. The Balaban J connectivity index is 0.000000217. The highest BCUT2D eigenvalue weighted by Gasteiger charge is 2.06. The average Bonchev–Trinajstić information content (AvgIpc) is 2.38. The first-order valence-corrected chi connectivity index (χ1v) is 3.84. The van der Waals surface area contributed by atoms with Crippen LogP contribution in [0.3, 0.4) is 0 Å². The van der Waals surface area contributed by atoms with E-state index in [0.717, 1.165) is 12.8 Å². The van der Waals surface area contributed by atoms with Gasteiger partial charge in [-0.2, -0.15) is 0 Å². The number of aliphatic hydroxyl groups excluding tert-OH is 1. The number of hydrogen-bond donors (Lipinski definition) is 2. The second kappa shape index (κ2) is 6.54. The van der Waals surface area contributed by atoms with Crippen LogP contribution in [0.4, 0.5) is 0 Å². The number of nitrogens with one attached hydrogen (secondary N) is 1. The summed E-state index contributed by atoms with van der Waals surface area (Å²) in [4.78, 5) is 20.1. The summed E-state index contributed by atoms with van der Waals surface area (Å²) in [6.45, 7) is 2.40. The van der Waals surface area contributed by atoms with Gasteiger partial charge in [-0.25, -0.2) is 0 Å². The zero-order valence-electron chi connectivity index (χ0n) is 7.04. The van der Waals surface area contributed by atoms with Crippen molar-refractivity contribution >= 4 is 11.8 Å². The SMILES string of the molecule is CCCCO.O=C1C=CC(=O)N1. The number of amides is 2. The smallest absolute Gasteiger partial charge is 0.250 e. The summed E-state index contributed by atoms with van der Waals surface area (Å²) >= 11 is 0. The van der Waals surface area contributed by atoms with Gasteiger partial charge < -0.3 is 5.11 Å². The van der Waals surface area contributed by atoms with Crippen LogP contribution >= 0.6 is 0 Å². The summed E-state index contributed by atoms with van der Waals surface area (Å²) in [5.74, 6) is -0.657. The predicted octanol–water partition coefficient (Wildman–Crippen LogP) is -0.0222. The van der Waals surface area contributed by atoms with E-state index in [4.69, 9.17) is 5.11 Å². The predicted molar refractivity (Wildman–Crippen MR) is 44.3 cm³/mol. The number of carbonyl (C=O) groups excluding carboxylic acids is 2. The Hall–Kier alpha value is -1.16. The van der Waals surface area contributed by atoms with Crippen molar-refractivity contribution in [2.45, 2.75) is 19.8 Å². The minimum atomic E-state index is -0.329. The highest BCUT2D eigenvalue weighted by molar-refractivity contribution is 6.12. The van der Waals surface area contributed by atoms with E-state index in [9.17, 15) is 9.59 Å². The molecule has 0 spiro atoms. The maximum atomic E-state index is 10.0. The van der Waals surface area contributed by atoms with E-state index in [1.807, 2.05) is 5.32 Å². The molecule has 0 unspecified atom stereocenters. The van der Waals surface area contributed by atoms with E-state index in [1.165, 1.54) is 12.2 Å². The molecule has 0 aromatic rings. The number of hydrogen-bond acceptors (Lipinski definition) is 3. The van der Waals surface area contributed by atoms with Crippen LogP contribution in [0, 0.1) is 0 Å². The lowest BCUT2D eigenvalue weighted by Gasteiger charge is -1.80. The van der Waals surface area contributed by atoms with Crippen LogP contribution in [-0.2, 0) is 9.59 Å². The topological polar surface area (TPSA) is 66.4 Å². The van der Waals surface area contributed by atoms with E-state index < -0.39 is 0 Å². The Labute approximate surface area is 71.3 Å². The van der Waals surface area contributed by atoms with E-state index >= 15 is 0 Å². The molecule has 0 aromatic carbocycles. The molecule has 4 nitrogen and oxygen atoms in total. The standard InChI is InChI=1S/C4H3NO2.C4H10O/c6-3-1-2-4(7)5-3;1-2-3-4-5/h1-2H,(H,5,6,7);5H,2-4H2,1H3. The molecule has 0 aliphatic carbocycles. The van der Waals surface area contributed by atoms with E-state index in [2.05, 4.69) is 6.92 Å². The van der Waals surface area contributed by atoms with E-state index in [1.54, 1.807) is 0 Å². The van der Waals surface area contributed by atoms with Gasteiger partial charge in [-0.3, -0.25) is 14.9 Å². The van der Waals surface area contributed by atoms with Crippen molar-refractivity contribution in [2.75, 3.05) is 6.61 Å². The zero-order chi connectivity index (χ0) is 9.40. The fraction of sp³-hybridized carbons (Fsp3) is 0.500. The van der Waals surface area contributed by atoms with E-state index in [0.29, 0.717) is 6.61 Å². The maximum Gasteiger partial charge on any atom is 0.250 e. The van der Waals surface area contributed by atoms with Crippen LogP contribution in [0.2, 0.25) is 0 Å². The lowest BCUT2D eigenvalue weighted by Crippen LogP contribution is -2.19. The summed E-state index contributed by atoms with van der Waals surface area (Å²) in [6.07, 6.45) is 4.43. The molecule has 4 heteroatoms. The van der Waals surface area contributed by atoms with Crippen molar-refractivity contribution in [3.8, 4) is 0 Å². The Morgan fingerprint density at radius 3 is 1.92 bits per heavy atom. The highest BCUT2D eigenvalue weighted by Crippen LogP contribution is 1.82. The molecular formula is C8H13NO3. The average molecular weight is 171 g/mol. The van der Waals surface area contributed by atoms with Gasteiger partial charge in [0.1, 0.15) is 0 Å². The lowest BCUT2D eigenvalue weighted by atomic mass is 10.4. The van der Waals surface area contributed by atoms with Gasteiger partial charge in [0.2, 0.25) is 0 Å². The third-order valence-electron chi connectivity index (χ3n) is 1.14. The number of rotatable bonds is 2. The first-order chi connectivity index (χ1) is 5.70. The van der Waals surface area contributed by atoms with E-state index in [-0.39, 0.29) is 11.8 Å². The zero-order valence-corrected chi connectivity index (χ0v) is 7.04. The van der Waals surface area contributed by atoms with Gasteiger partial charge in [0.15, 0.2) is 0 Å². The quantitative estimate of drug-likeness (QED) is 0.574. The van der Waals surface area contributed by atoms with Gasteiger partial charge >= 0.3 is 0 Å². The van der Waals surface area contributed by atoms with Crippen LogP contribution in [0.1, 0.15) is 19.8 Å². The first kappa shape index (κ1) is 10.8. The minimum absolute atomic E-state index is 0.329. The fourth-order valence-corrected chi connectivity index (χ4v) is 0.514. The van der Waals surface area contributed by atoms with Gasteiger partial charge in [-0.1, -0.05) is 13.3 Å². The Morgan fingerprint density at radius 2 is 1.83 bits per heavy atom. The van der Waals surface area contributed by atoms with Crippen molar-refractivity contribution in [1.29, 1.82) is 0 Å². The summed E-state index contributed by atoms with van der Waals surface area (Å²) in [7, 11) is 0. The number of carbonyl (C=O) groups is 2. The Kier molecular flexibility index (Phi) is 5.91. The van der Waals surface area contributed by atoms with Crippen LogP contribution in [0.5, 0.6) is 0 Å². The molecule has 1 heterocycles. The molecule has 1 aliphatic heterocycles. The normalized spacial score (nSPS) is 13.8.